The van der Waals surface area contributed by atoms with E-state index in [2.05, 4.69) is 73.8 Å². The first-order valence-corrected chi connectivity index (χ1v) is 12.0. The number of hydrogen-bond acceptors (Lipinski definition) is 4. The van der Waals surface area contributed by atoms with Crippen LogP contribution in [0.25, 0.3) is 0 Å². The van der Waals surface area contributed by atoms with Gasteiger partial charge in [-0.2, -0.15) is 0 Å². The van der Waals surface area contributed by atoms with Crippen molar-refractivity contribution in [3.05, 3.63) is 76.5 Å². The lowest BCUT2D eigenvalue weighted by molar-refractivity contribution is 0.249. The van der Waals surface area contributed by atoms with Gasteiger partial charge < -0.3 is 15.2 Å². The van der Waals surface area contributed by atoms with Crippen molar-refractivity contribution in [3.8, 4) is 0 Å². The van der Waals surface area contributed by atoms with Crippen LogP contribution in [0.15, 0.2) is 65.5 Å². The van der Waals surface area contributed by atoms with Crippen LogP contribution in [0, 0.1) is 0 Å². The van der Waals surface area contributed by atoms with Gasteiger partial charge in [0, 0.05) is 36.9 Å². The van der Waals surface area contributed by atoms with Crippen LogP contribution in [0.4, 0.5) is 0 Å². The summed E-state index contributed by atoms with van der Waals surface area (Å²) in [6.45, 7) is 7.67. The molecule has 0 radical (unpaired) electrons. The number of hydrogen-bond donors (Lipinski definition) is 2. The summed E-state index contributed by atoms with van der Waals surface area (Å²) in [4.78, 5) is 13.0. The van der Waals surface area contributed by atoms with Gasteiger partial charge >= 0.3 is 0 Å². The molecule has 31 heavy (non-hydrogen) atoms. The number of thiophene rings is 1. The molecule has 1 aliphatic rings. The number of benzene rings is 1. The van der Waals surface area contributed by atoms with Gasteiger partial charge in [0.1, 0.15) is 0 Å². The van der Waals surface area contributed by atoms with Gasteiger partial charge in [-0.05, 0) is 55.4 Å². The van der Waals surface area contributed by atoms with E-state index in [0.717, 1.165) is 25.6 Å². The van der Waals surface area contributed by atoms with E-state index in [9.17, 15) is 0 Å². The molecule has 0 aliphatic carbocycles. The van der Waals surface area contributed by atoms with Crippen molar-refractivity contribution in [1.29, 1.82) is 0 Å². The van der Waals surface area contributed by atoms with Crippen molar-refractivity contribution < 1.29 is 0 Å². The predicted octanol–water partition coefficient (Wildman–Crippen LogP) is 3.89. The van der Waals surface area contributed by atoms with Crippen LogP contribution < -0.4 is 10.6 Å². The molecule has 1 aliphatic heterocycles. The molecular weight excluding hydrogens is 404 g/mol. The van der Waals surface area contributed by atoms with E-state index in [0.29, 0.717) is 12.6 Å². The Bertz CT molecular complexity index is 929. The van der Waals surface area contributed by atoms with E-state index >= 15 is 0 Å². The first-order valence-electron chi connectivity index (χ1n) is 11.1. The predicted molar refractivity (Wildman–Crippen MR) is 128 cm³/mol. The van der Waals surface area contributed by atoms with Crippen molar-refractivity contribution in [2.75, 3.05) is 26.2 Å². The fourth-order valence-electron chi connectivity index (χ4n) is 4.07. The van der Waals surface area contributed by atoms with Gasteiger partial charge in [-0.3, -0.25) is 4.90 Å². The average molecular weight is 437 g/mol. The molecule has 6 nitrogen and oxygen atoms in total. The lowest BCUT2D eigenvalue weighted by Gasteiger charge is -2.27. The van der Waals surface area contributed by atoms with Crippen LogP contribution in [0.3, 0.4) is 0 Å². The zero-order valence-corrected chi connectivity index (χ0v) is 19.0. The maximum absolute atomic E-state index is 4.86. The summed E-state index contributed by atoms with van der Waals surface area (Å²) in [5.74, 6) is 0.878. The summed E-state index contributed by atoms with van der Waals surface area (Å²) in [5.41, 5.74) is 2.47. The minimum atomic E-state index is 0.407. The third kappa shape index (κ3) is 6.18. The Kier molecular flexibility index (Phi) is 7.74. The molecule has 1 saturated heterocycles. The molecule has 1 atom stereocenters. The maximum atomic E-state index is 4.86. The molecule has 7 heteroatoms. The number of imidazole rings is 1. The van der Waals surface area contributed by atoms with Crippen molar-refractivity contribution in [2.45, 2.75) is 38.9 Å². The summed E-state index contributed by atoms with van der Waals surface area (Å²) in [6.07, 6.45) is 8.25. The smallest absolute Gasteiger partial charge is 0.191 e. The quantitative estimate of drug-likeness (QED) is 0.395. The number of rotatable bonds is 9. The van der Waals surface area contributed by atoms with E-state index in [1.165, 1.54) is 41.9 Å². The average Bonchev–Trinajstić information content (AvgIpc) is 3.56. The number of aliphatic imine (C=N–C) groups is 1. The molecule has 2 aromatic heterocycles. The summed E-state index contributed by atoms with van der Waals surface area (Å²) in [7, 11) is 0. The Morgan fingerprint density at radius 1 is 1.16 bits per heavy atom. The van der Waals surface area contributed by atoms with Gasteiger partial charge in [0.05, 0.1) is 18.9 Å². The molecule has 3 aromatic rings. The molecule has 4 rings (SSSR count). The highest BCUT2D eigenvalue weighted by molar-refractivity contribution is 7.10. The lowest BCUT2D eigenvalue weighted by Crippen LogP contribution is -2.42. The highest BCUT2D eigenvalue weighted by Crippen LogP contribution is 2.27. The van der Waals surface area contributed by atoms with E-state index < -0.39 is 0 Å². The monoisotopic (exact) mass is 436 g/mol. The molecule has 0 saturated carbocycles. The second kappa shape index (κ2) is 11.1. The third-order valence-corrected chi connectivity index (χ3v) is 6.57. The number of guanidine groups is 1. The van der Waals surface area contributed by atoms with Gasteiger partial charge in [-0.25, -0.2) is 9.98 Å². The Labute approximate surface area is 189 Å². The maximum Gasteiger partial charge on any atom is 0.191 e. The van der Waals surface area contributed by atoms with Crippen molar-refractivity contribution in [1.82, 2.24) is 25.1 Å². The SMILES string of the molecule is CCNC(=NCc1cccc(Cn2ccnc2)c1)NCC(c1cccs1)N1CCCC1. The van der Waals surface area contributed by atoms with Gasteiger partial charge in [0.25, 0.3) is 0 Å². The van der Waals surface area contributed by atoms with Gasteiger partial charge in [0.2, 0.25) is 0 Å². The molecule has 1 aromatic carbocycles. The fraction of sp³-hybridized carbons (Fsp3) is 0.417. The zero-order chi connectivity index (χ0) is 21.3. The van der Waals surface area contributed by atoms with Crippen LogP contribution in [-0.2, 0) is 13.1 Å². The Hall–Kier alpha value is -2.64. The molecule has 0 amide bonds. The Balaban J connectivity index is 1.39. The first kappa shape index (κ1) is 21.6. The van der Waals surface area contributed by atoms with E-state index in [1.807, 2.05) is 30.1 Å². The fourth-order valence-corrected chi connectivity index (χ4v) is 4.93. The van der Waals surface area contributed by atoms with E-state index in [4.69, 9.17) is 4.99 Å². The molecular formula is C24H32N6S. The number of aromatic nitrogens is 2. The van der Waals surface area contributed by atoms with Crippen LogP contribution in [-0.4, -0.2) is 46.6 Å². The van der Waals surface area contributed by atoms with Crippen LogP contribution >= 0.6 is 11.3 Å². The van der Waals surface area contributed by atoms with Crippen LogP contribution in [0.2, 0.25) is 0 Å². The van der Waals surface area contributed by atoms with Gasteiger partial charge in [0.15, 0.2) is 5.96 Å². The lowest BCUT2D eigenvalue weighted by atomic mass is 10.1. The molecule has 1 fully saturated rings. The van der Waals surface area contributed by atoms with Crippen molar-refractivity contribution >= 4 is 17.3 Å². The number of likely N-dealkylation sites (tertiary alicyclic amines) is 1. The van der Waals surface area contributed by atoms with E-state index in [1.54, 1.807) is 0 Å². The Morgan fingerprint density at radius 2 is 2.03 bits per heavy atom. The van der Waals surface area contributed by atoms with E-state index in [-0.39, 0.29) is 0 Å². The van der Waals surface area contributed by atoms with Gasteiger partial charge in [-0.15, -0.1) is 11.3 Å². The van der Waals surface area contributed by atoms with Crippen LogP contribution in [0.5, 0.6) is 0 Å². The van der Waals surface area contributed by atoms with Crippen molar-refractivity contribution in [3.63, 3.8) is 0 Å². The summed E-state index contributed by atoms with van der Waals surface area (Å²) < 4.78 is 2.08. The largest absolute Gasteiger partial charge is 0.357 e. The molecule has 1 unspecified atom stereocenters. The van der Waals surface area contributed by atoms with Gasteiger partial charge in [-0.1, -0.05) is 30.3 Å². The molecule has 3 heterocycles. The highest BCUT2D eigenvalue weighted by Gasteiger charge is 2.24. The Morgan fingerprint density at radius 3 is 2.77 bits per heavy atom. The summed E-state index contributed by atoms with van der Waals surface area (Å²) in [5, 5.41) is 9.18. The molecule has 0 spiro atoms. The van der Waals surface area contributed by atoms with Crippen molar-refractivity contribution in [2.24, 2.45) is 4.99 Å². The highest BCUT2D eigenvalue weighted by atomic mass is 32.1. The second-order valence-electron chi connectivity index (χ2n) is 7.91. The number of nitrogens with one attached hydrogen (secondary N) is 2. The third-order valence-electron chi connectivity index (χ3n) is 5.60. The summed E-state index contributed by atoms with van der Waals surface area (Å²) >= 11 is 1.85. The molecule has 0 bridgehead atoms. The minimum Gasteiger partial charge on any atom is -0.357 e. The molecule has 2 N–H and O–H groups in total. The normalized spacial score (nSPS) is 15.8. The topological polar surface area (TPSA) is 57.5 Å². The standard InChI is InChI=1S/C24H32N6S/c1-2-26-24(28-17-22(23-9-6-14-31-23)30-11-3-4-12-30)27-16-20-7-5-8-21(15-20)18-29-13-10-25-19-29/h5-10,13-15,19,22H,2-4,11-12,16-18H2,1H3,(H2,26,27,28). The zero-order valence-electron chi connectivity index (χ0n) is 18.2. The molecule has 164 valence electrons. The number of nitrogens with zero attached hydrogens (tertiary/aromatic N) is 4. The summed E-state index contributed by atoms with van der Waals surface area (Å²) in [6, 6.07) is 13.4. The first-order chi connectivity index (χ1) is 15.3. The minimum absolute atomic E-state index is 0.407. The second-order valence-corrected chi connectivity index (χ2v) is 8.88. The van der Waals surface area contributed by atoms with Crippen LogP contribution in [0.1, 0.15) is 41.8 Å².